The van der Waals surface area contributed by atoms with Crippen LogP contribution in [-0.4, -0.2) is 24.1 Å². The van der Waals surface area contributed by atoms with E-state index < -0.39 is 0 Å². The minimum atomic E-state index is 0.534. The van der Waals surface area contributed by atoms with Crippen LogP contribution < -0.4 is 0 Å². The molecule has 57 heavy (non-hydrogen) atoms. The second-order valence-electron chi connectivity index (χ2n) is 14.4. The fourth-order valence-corrected chi connectivity index (χ4v) is 8.67. The molecule has 0 saturated carbocycles. The highest BCUT2D eigenvalue weighted by Crippen LogP contribution is 2.41. The van der Waals surface area contributed by atoms with Crippen LogP contribution in [0.25, 0.3) is 111 Å². The molecule has 0 bridgehead atoms. The fourth-order valence-electron chi connectivity index (χ4n) is 8.67. The van der Waals surface area contributed by atoms with Crippen molar-refractivity contribution in [2.75, 3.05) is 0 Å². The Kier molecular flexibility index (Phi) is 6.83. The zero-order valence-electron chi connectivity index (χ0n) is 30.5. The Morgan fingerprint density at radius 1 is 0.351 bits per heavy atom. The Bertz CT molecular complexity index is 3410. The molecule has 0 aliphatic heterocycles. The first-order valence-corrected chi connectivity index (χ1v) is 19.1. The highest BCUT2D eigenvalue weighted by molar-refractivity contribution is 6.16. The molecule has 266 valence electrons. The summed E-state index contributed by atoms with van der Waals surface area (Å²) in [6, 6.07) is 65.5. The summed E-state index contributed by atoms with van der Waals surface area (Å²) in [5.41, 5.74) is 10.9. The number of furan rings is 1. The second-order valence-corrected chi connectivity index (χ2v) is 14.4. The van der Waals surface area contributed by atoms with Gasteiger partial charge in [-0.25, -0.2) is 4.98 Å². The second kappa shape index (κ2) is 12.3. The fraction of sp³-hybridized carbons (Fsp3) is 0. The van der Waals surface area contributed by atoms with E-state index in [1.54, 1.807) is 0 Å². The van der Waals surface area contributed by atoms with Gasteiger partial charge < -0.3 is 8.98 Å². The predicted molar refractivity (Wildman–Crippen MR) is 232 cm³/mol. The summed E-state index contributed by atoms with van der Waals surface area (Å²) in [7, 11) is 0. The van der Waals surface area contributed by atoms with Crippen molar-refractivity contribution in [2.24, 2.45) is 0 Å². The van der Waals surface area contributed by atoms with Crippen molar-refractivity contribution < 1.29 is 4.42 Å². The lowest BCUT2D eigenvalue weighted by molar-refractivity contribution is 0.669. The van der Waals surface area contributed by atoms with E-state index in [1.807, 2.05) is 12.1 Å². The largest absolute Gasteiger partial charge is 0.455 e. The number of benzene rings is 8. The summed E-state index contributed by atoms with van der Waals surface area (Å²) in [5.74, 6) is 1.65. The van der Waals surface area contributed by atoms with Crippen LogP contribution >= 0.6 is 0 Å². The lowest BCUT2D eigenvalue weighted by Crippen LogP contribution is -2.06. The van der Waals surface area contributed by atoms with Crippen molar-refractivity contribution in [3.63, 3.8) is 0 Å². The molecule has 0 unspecified atom stereocenters. The van der Waals surface area contributed by atoms with Crippen LogP contribution in [0.4, 0.5) is 0 Å². The van der Waals surface area contributed by atoms with Gasteiger partial charge in [-0.15, -0.1) is 0 Å². The minimum Gasteiger partial charge on any atom is -0.455 e. The van der Waals surface area contributed by atoms with Crippen LogP contribution in [0, 0.1) is 0 Å². The van der Waals surface area contributed by atoms with Gasteiger partial charge in [0, 0.05) is 32.5 Å². The van der Waals surface area contributed by atoms with Gasteiger partial charge in [0.25, 0.3) is 0 Å². The molecule has 0 radical (unpaired) electrons. The SMILES string of the molecule is c1ccc(-c2ccc(-c3nc(-c4cccc5c4oc4cccc(-n6c7ccccc7c7ccccc76)c45)nc(-n4c5ccccc5c5ccccc54)n3)cc2)cc1. The van der Waals surface area contributed by atoms with Gasteiger partial charge in [0.1, 0.15) is 11.2 Å². The van der Waals surface area contributed by atoms with Crippen molar-refractivity contribution in [3.8, 4) is 45.5 Å². The van der Waals surface area contributed by atoms with E-state index >= 15 is 0 Å². The molecule has 6 nitrogen and oxygen atoms in total. The summed E-state index contributed by atoms with van der Waals surface area (Å²) in [6.45, 7) is 0. The van der Waals surface area contributed by atoms with Crippen LogP contribution in [0.15, 0.2) is 192 Å². The zero-order chi connectivity index (χ0) is 37.5. The Hall–Kier alpha value is -7.83. The molecule has 0 aliphatic carbocycles. The van der Waals surface area contributed by atoms with Gasteiger partial charge in [0.2, 0.25) is 5.95 Å². The Morgan fingerprint density at radius 3 is 1.47 bits per heavy atom. The Labute approximate surface area is 326 Å². The molecule has 12 aromatic rings. The van der Waals surface area contributed by atoms with E-state index in [9.17, 15) is 0 Å². The smallest absolute Gasteiger partial charge is 0.238 e. The maximum absolute atomic E-state index is 6.86. The van der Waals surface area contributed by atoms with Gasteiger partial charge in [-0.2, -0.15) is 9.97 Å². The number of hydrogen-bond acceptors (Lipinski definition) is 4. The van der Waals surface area contributed by atoms with E-state index in [2.05, 4.69) is 185 Å². The number of hydrogen-bond donors (Lipinski definition) is 0. The lowest BCUT2D eigenvalue weighted by Gasteiger charge is -2.11. The third kappa shape index (κ3) is 4.81. The Balaban J connectivity index is 1.11. The molecule has 4 heterocycles. The molecule has 4 aromatic heterocycles. The number of rotatable bonds is 5. The molecule has 0 fully saturated rings. The minimum absolute atomic E-state index is 0.534. The van der Waals surface area contributed by atoms with Gasteiger partial charge in [0.05, 0.1) is 38.7 Å². The molecular weight excluding hydrogens is 699 g/mol. The topological polar surface area (TPSA) is 61.7 Å². The first kappa shape index (κ1) is 31.5. The van der Waals surface area contributed by atoms with E-state index in [0.717, 1.165) is 82.7 Å². The van der Waals surface area contributed by atoms with Crippen LogP contribution in [0.1, 0.15) is 0 Å². The highest BCUT2D eigenvalue weighted by Gasteiger charge is 2.22. The van der Waals surface area contributed by atoms with Gasteiger partial charge in [-0.1, -0.05) is 146 Å². The lowest BCUT2D eigenvalue weighted by atomic mass is 10.0. The summed E-state index contributed by atoms with van der Waals surface area (Å²) in [6.07, 6.45) is 0. The first-order valence-electron chi connectivity index (χ1n) is 19.1. The molecule has 12 rings (SSSR count). The van der Waals surface area contributed by atoms with Crippen LogP contribution in [0.2, 0.25) is 0 Å². The molecule has 0 spiro atoms. The average molecular weight is 730 g/mol. The van der Waals surface area contributed by atoms with Crippen LogP contribution in [0.3, 0.4) is 0 Å². The molecule has 0 saturated heterocycles. The Morgan fingerprint density at radius 2 is 0.842 bits per heavy atom. The average Bonchev–Trinajstić information content (AvgIpc) is 3.95. The van der Waals surface area contributed by atoms with Gasteiger partial charge in [-0.05, 0) is 53.6 Å². The highest BCUT2D eigenvalue weighted by atomic mass is 16.3. The number of nitrogens with zero attached hydrogens (tertiary/aromatic N) is 5. The first-order chi connectivity index (χ1) is 28.3. The molecule has 0 N–H and O–H groups in total. The summed E-state index contributed by atoms with van der Waals surface area (Å²) in [4.78, 5) is 15.7. The van der Waals surface area contributed by atoms with E-state index in [-0.39, 0.29) is 0 Å². The molecule has 0 atom stereocenters. The summed E-state index contributed by atoms with van der Waals surface area (Å²) < 4.78 is 11.4. The standard InChI is InChI=1S/C51H31N5O/c1-2-14-32(15-3-1)33-28-30-34(31-29-33)49-52-50(54-51(53-49)56-43-24-10-6-18-37(43)38-19-7-11-25-44(38)56)40-21-12-20-39-47-45(26-13-27-46(47)57-48(39)40)55-41-22-8-4-16-35(41)36-17-5-9-23-42(36)55/h1-31H. The van der Waals surface area contributed by atoms with Gasteiger partial charge in [-0.3, -0.25) is 4.57 Å². The third-order valence-corrected chi connectivity index (χ3v) is 11.2. The molecule has 0 aliphatic rings. The zero-order valence-corrected chi connectivity index (χ0v) is 30.5. The number of fused-ring (bicyclic) bond motifs is 9. The number of para-hydroxylation sites is 5. The molecular formula is C51H31N5O. The molecule has 0 amide bonds. The quantitative estimate of drug-likeness (QED) is 0.177. The van der Waals surface area contributed by atoms with Gasteiger partial charge >= 0.3 is 0 Å². The van der Waals surface area contributed by atoms with Crippen molar-refractivity contribution in [2.45, 2.75) is 0 Å². The van der Waals surface area contributed by atoms with Crippen LogP contribution in [0.5, 0.6) is 0 Å². The summed E-state index contributed by atoms with van der Waals surface area (Å²) >= 11 is 0. The van der Waals surface area contributed by atoms with Gasteiger partial charge in [0.15, 0.2) is 11.6 Å². The van der Waals surface area contributed by atoms with Crippen molar-refractivity contribution >= 4 is 65.6 Å². The monoisotopic (exact) mass is 729 g/mol. The third-order valence-electron chi connectivity index (χ3n) is 11.2. The van der Waals surface area contributed by atoms with E-state index in [1.165, 1.54) is 10.8 Å². The van der Waals surface area contributed by atoms with Crippen LogP contribution in [-0.2, 0) is 0 Å². The predicted octanol–water partition coefficient (Wildman–Crippen LogP) is 13.0. The van der Waals surface area contributed by atoms with Crippen molar-refractivity contribution in [3.05, 3.63) is 188 Å². The van der Waals surface area contributed by atoms with Crippen molar-refractivity contribution in [1.82, 2.24) is 24.1 Å². The molecule has 6 heteroatoms. The van der Waals surface area contributed by atoms with E-state index in [0.29, 0.717) is 17.6 Å². The maximum atomic E-state index is 6.86. The normalized spacial score (nSPS) is 11.9. The molecule has 8 aromatic carbocycles. The van der Waals surface area contributed by atoms with Crippen molar-refractivity contribution in [1.29, 1.82) is 0 Å². The maximum Gasteiger partial charge on any atom is 0.238 e. The van der Waals surface area contributed by atoms with E-state index in [4.69, 9.17) is 19.4 Å². The summed E-state index contributed by atoms with van der Waals surface area (Å²) in [5, 5.41) is 6.74. The number of aromatic nitrogens is 5.